The van der Waals surface area contributed by atoms with Gasteiger partial charge in [-0.2, -0.15) is 0 Å². The maximum atomic E-state index is 10.7. The summed E-state index contributed by atoms with van der Waals surface area (Å²) in [5.41, 5.74) is 0. The lowest BCUT2D eigenvalue weighted by Crippen LogP contribution is -1.89. The van der Waals surface area contributed by atoms with Gasteiger partial charge in [-0.05, 0) is 19.1 Å². The van der Waals surface area contributed by atoms with Crippen molar-refractivity contribution in [3.05, 3.63) is 35.8 Å². The van der Waals surface area contributed by atoms with Crippen molar-refractivity contribution in [3.63, 3.8) is 0 Å². The van der Waals surface area contributed by atoms with Gasteiger partial charge >= 0.3 is 0 Å². The van der Waals surface area contributed by atoms with E-state index in [4.69, 9.17) is 10.7 Å². The third kappa shape index (κ3) is 7.81. The van der Waals surface area contributed by atoms with E-state index in [2.05, 4.69) is 6.58 Å². The molecule has 13 heavy (non-hydrogen) atoms. The fourth-order valence-corrected chi connectivity index (χ4v) is 1.22. The Kier molecular flexibility index (Phi) is 9.29. The summed E-state index contributed by atoms with van der Waals surface area (Å²) in [5.74, 6) is 0. The quantitative estimate of drug-likeness (QED) is 0.543. The monoisotopic (exact) mass is 222 g/mol. The molecule has 0 atom stereocenters. The first-order valence-corrected chi connectivity index (χ1v) is 6.23. The van der Waals surface area contributed by atoms with Crippen LogP contribution in [0.3, 0.4) is 0 Å². The predicted octanol–water partition coefficient (Wildman–Crippen LogP) is 3.23. The van der Waals surface area contributed by atoms with Crippen molar-refractivity contribution in [2.45, 2.75) is 20.8 Å². The molecule has 0 amide bonds. The molecular weight excluding hydrogens is 208 g/mol. The zero-order chi connectivity index (χ0) is 10.9. The van der Waals surface area contributed by atoms with Crippen LogP contribution in [0.1, 0.15) is 20.8 Å². The molecule has 0 aliphatic rings. The van der Waals surface area contributed by atoms with Gasteiger partial charge < -0.3 is 0 Å². The van der Waals surface area contributed by atoms with Gasteiger partial charge in [0.05, 0.1) is 4.91 Å². The normalized spacial score (nSPS) is 12.2. The van der Waals surface area contributed by atoms with Gasteiger partial charge in [0.2, 0.25) is 0 Å². The van der Waals surface area contributed by atoms with Crippen LogP contribution in [0.5, 0.6) is 0 Å². The molecule has 2 nitrogen and oxygen atoms in total. The summed E-state index contributed by atoms with van der Waals surface area (Å²) >= 11 is 0. The summed E-state index contributed by atoms with van der Waals surface area (Å²) in [6, 6.07) is 0. The van der Waals surface area contributed by atoms with E-state index in [0.717, 1.165) is 0 Å². The van der Waals surface area contributed by atoms with Gasteiger partial charge in [0.25, 0.3) is 9.05 Å². The average molecular weight is 223 g/mol. The van der Waals surface area contributed by atoms with E-state index in [0.29, 0.717) is 0 Å². The smallest absolute Gasteiger partial charge is 0.207 e. The van der Waals surface area contributed by atoms with Crippen LogP contribution in [-0.2, 0) is 9.05 Å². The zero-order valence-corrected chi connectivity index (χ0v) is 9.69. The summed E-state index contributed by atoms with van der Waals surface area (Å²) in [7, 11) is 1.41. The number of allylic oxidation sites excluding steroid dienone is 4. The lowest BCUT2D eigenvalue weighted by Gasteiger charge is -1.91. The molecule has 4 heteroatoms. The van der Waals surface area contributed by atoms with Crippen molar-refractivity contribution in [3.8, 4) is 0 Å². The Hall–Kier alpha value is -0.540. The molecule has 0 saturated carbocycles. The molecule has 0 N–H and O–H groups in total. The van der Waals surface area contributed by atoms with Gasteiger partial charge in [-0.25, -0.2) is 8.42 Å². The van der Waals surface area contributed by atoms with Crippen molar-refractivity contribution in [2.24, 2.45) is 0 Å². The molecule has 0 fully saturated rings. The molecule has 0 radical (unpaired) electrons. The second-order valence-electron chi connectivity index (χ2n) is 1.74. The Morgan fingerprint density at radius 1 is 1.38 bits per heavy atom. The van der Waals surface area contributed by atoms with Crippen LogP contribution in [0.25, 0.3) is 0 Å². The maximum absolute atomic E-state index is 10.7. The first-order chi connectivity index (χ1) is 6.02. The van der Waals surface area contributed by atoms with Gasteiger partial charge in [0.15, 0.2) is 0 Å². The van der Waals surface area contributed by atoms with Crippen LogP contribution < -0.4 is 0 Å². The van der Waals surface area contributed by atoms with Crippen molar-refractivity contribution in [1.82, 2.24) is 0 Å². The molecule has 0 aliphatic heterocycles. The van der Waals surface area contributed by atoms with Gasteiger partial charge in [-0.1, -0.05) is 32.6 Å². The Morgan fingerprint density at radius 2 is 1.85 bits per heavy atom. The van der Waals surface area contributed by atoms with Crippen LogP contribution in [0, 0.1) is 0 Å². The van der Waals surface area contributed by atoms with E-state index in [1.54, 1.807) is 19.1 Å². The minimum atomic E-state index is -3.62. The van der Waals surface area contributed by atoms with Gasteiger partial charge in [-0.3, -0.25) is 0 Å². The largest absolute Gasteiger partial charge is 0.261 e. The second-order valence-corrected chi connectivity index (χ2v) is 4.30. The highest BCUT2D eigenvalue weighted by Gasteiger charge is 2.07. The highest BCUT2D eigenvalue weighted by Crippen LogP contribution is 2.12. The SMILES string of the molecule is C=C/C(=C\C=C/C)S(=O)(=O)Cl.CC. The van der Waals surface area contributed by atoms with Crippen molar-refractivity contribution >= 4 is 19.7 Å². The maximum Gasteiger partial charge on any atom is 0.261 e. The van der Waals surface area contributed by atoms with Crippen LogP contribution in [0.15, 0.2) is 35.8 Å². The fraction of sp³-hybridized carbons (Fsp3) is 0.333. The Bertz CT molecular complexity index is 287. The Balaban J connectivity index is 0. The molecule has 0 bridgehead atoms. The van der Waals surface area contributed by atoms with Gasteiger partial charge in [-0.15, -0.1) is 0 Å². The first-order valence-electron chi connectivity index (χ1n) is 3.92. The van der Waals surface area contributed by atoms with Crippen molar-refractivity contribution in [1.29, 1.82) is 0 Å². The summed E-state index contributed by atoms with van der Waals surface area (Å²) in [6.07, 6.45) is 5.86. The van der Waals surface area contributed by atoms with E-state index in [9.17, 15) is 8.42 Å². The van der Waals surface area contributed by atoms with Gasteiger partial charge in [0.1, 0.15) is 0 Å². The molecule has 0 saturated heterocycles. The third-order valence-electron chi connectivity index (χ3n) is 0.936. The minimum absolute atomic E-state index is 0.0114. The molecule has 0 unspecified atom stereocenters. The van der Waals surface area contributed by atoms with E-state index in [1.807, 2.05) is 13.8 Å². The summed E-state index contributed by atoms with van der Waals surface area (Å²) in [4.78, 5) is 0.0114. The topological polar surface area (TPSA) is 34.1 Å². The average Bonchev–Trinajstić information content (AvgIpc) is 2.07. The predicted molar refractivity (Wildman–Crippen MR) is 59.2 cm³/mol. The number of hydrogen-bond acceptors (Lipinski definition) is 2. The fourth-order valence-electron chi connectivity index (χ4n) is 0.440. The van der Waals surface area contributed by atoms with Crippen LogP contribution in [0.2, 0.25) is 0 Å². The number of hydrogen-bond donors (Lipinski definition) is 0. The molecule has 0 aromatic heterocycles. The first kappa shape index (κ1) is 15.0. The summed E-state index contributed by atoms with van der Waals surface area (Å²) in [5, 5.41) is 0. The van der Waals surface area contributed by atoms with E-state index in [1.165, 1.54) is 12.2 Å². The lowest BCUT2D eigenvalue weighted by molar-refractivity contribution is 0.615. The van der Waals surface area contributed by atoms with E-state index in [-0.39, 0.29) is 4.91 Å². The lowest BCUT2D eigenvalue weighted by atomic mass is 10.4. The van der Waals surface area contributed by atoms with Crippen molar-refractivity contribution < 1.29 is 8.42 Å². The molecule has 0 rings (SSSR count). The van der Waals surface area contributed by atoms with Crippen LogP contribution >= 0.6 is 10.7 Å². The second kappa shape index (κ2) is 8.08. The number of halogens is 1. The standard InChI is InChI=1S/C7H9ClO2S.C2H6/c1-3-5-6-7(4-2)11(8,9)10;1-2/h3-6H,2H2,1H3;1-2H3/b5-3-,7-6+;. The molecule has 76 valence electrons. The Morgan fingerprint density at radius 3 is 2.08 bits per heavy atom. The van der Waals surface area contributed by atoms with Crippen LogP contribution in [0.4, 0.5) is 0 Å². The number of rotatable bonds is 3. The van der Waals surface area contributed by atoms with Crippen LogP contribution in [-0.4, -0.2) is 8.42 Å². The molecule has 0 aromatic carbocycles. The van der Waals surface area contributed by atoms with E-state index < -0.39 is 9.05 Å². The molecular formula is C9H15ClO2S. The Labute approximate surface area is 85.0 Å². The van der Waals surface area contributed by atoms with Crippen molar-refractivity contribution in [2.75, 3.05) is 0 Å². The highest BCUT2D eigenvalue weighted by molar-refractivity contribution is 8.17. The zero-order valence-electron chi connectivity index (χ0n) is 8.12. The minimum Gasteiger partial charge on any atom is -0.207 e. The molecule has 0 aromatic rings. The van der Waals surface area contributed by atoms with E-state index >= 15 is 0 Å². The highest BCUT2D eigenvalue weighted by atomic mass is 35.7. The molecule has 0 heterocycles. The van der Waals surface area contributed by atoms with Gasteiger partial charge in [0, 0.05) is 10.7 Å². The molecule has 0 spiro atoms. The summed E-state index contributed by atoms with van der Waals surface area (Å²) in [6.45, 7) is 9.09. The third-order valence-corrected chi connectivity index (χ3v) is 2.34. The summed E-state index contributed by atoms with van der Waals surface area (Å²) < 4.78 is 21.3. The molecule has 0 aliphatic carbocycles.